The van der Waals surface area contributed by atoms with E-state index in [1.54, 1.807) is 0 Å². The number of hydrogen-bond donors (Lipinski definition) is 0. The number of aryl methyl sites for hydroxylation is 1. The maximum atomic E-state index is 11.3. The van der Waals surface area contributed by atoms with Gasteiger partial charge in [0.1, 0.15) is 18.1 Å². The quantitative estimate of drug-likeness (QED) is 0.223. The van der Waals surface area contributed by atoms with Gasteiger partial charge in [-0.2, -0.15) is 0 Å². The summed E-state index contributed by atoms with van der Waals surface area (Å²) in [6.45, 7) is 2.25. The molecule has 5 heteroatoms. The first-order chi connectivity index (χ1) is 16.0. The Morgan fingerprint density at radius 1 is 0.970 bits per heavy atom. The molecule has 3 aromatic carbocycles. The van der Waals surface area contributed by atoms with E-state index < -0.39 is 5.97 Å². The maximum absolute atomic E-state index is 11.3. The van der Waals surface area contributed by atoms with E-state index in [1.165, 1.54) is 40.2 Å². The number of esters is 1. The van der Waals surface area contributed by atoms with Gasteiger partial charge >= 0.3 is 5.97 Å². The second-order valence-corrected chi connectivity index (χ2v) is 9.37. The molecule has 0 bridgehead atoms. The summed E-state index contributed by atoms with van der Waals surface area (Å²) >= 11 is 2.33. The van der Waals surface area contributed by atoms with Gasteiger partial charge in [-0.1, -0.05) is 36.4 Å². The van der Waals surface area contributed by atoms with Gasteiger partial charge in [0, 0.05) is 3.57 Å². The number of halogens is 1. The molecule has 170 valence electrons. The van der Waals surface area contributed by atoms with Crippen LogP contribution < -0.4 is 9.47 Å². The topological polar surface area (TPSA) is 44.8 Å². The minimum atomic E-state index is -0.409. The second-order valence-electron chi connectivity index (χ2n) is 8.12. The smallest absolute Gasteiger partial charge is 0.343 e. The van der Waals surface area contributed by atoms with Gasteiger partial charge in [-0.25, -0.2) is 4.79 Å². The van der Waals surface area contributed by atoms with Gasteiger partial charge in [-0.15, -0.1) is 0 Å². The molecule has 0 heterocycles. The molecule has 0 atom stereocenters. The van der Waals surface area contributed by atoms with E-state index in [2.05, 4.69) is 81.9 Å². The highest BCUT2D eigenvalue weighted by Crippen LogP contribution is 2.40. The SMILES string of the molecule is COC(=O)COc1ccc(OCC=C(c2ccc(I)cc2)c2ccc(C3CC3)cc2)cc1C. The molecule has 0 radical (unpaired) electrons. The summed E-state index contributed by atoms with van der Waals surface area (Å²) < 4.78 is 17.4. The number of carbonyl (C=O) groups excluding carboxylic acids is 1. The van der Waals surface area contributed by atoms with Crippen molar-refractivity contribution in [2.45, 2.75) is 25.7 Å². The molecular weight excluding hydrogens is 527 g/mol. The third kappa shape index (κ3) is 6.38. The highest BCUT2D eigenvalue weighted by Gasteiger charge is 2.23. The summed E-state index contributed by atoms with van der Waals surface area (Å²) in [6, 6.07) is 23.1. The number of rotatable bonds is 9. The Morgan fingerprint density at radius 3 is 2.24 bits per heavy atom. The van der Waals surface area contributed by atoms with Crippen molar-refractivity contribution in [3.8, 4) is 11.5 Å². The van der Waals surface area contributed by atoms with Crippen molar-refractivity contribution in [1.29, 1.82) is 0 Å². The molecule has 1 fully saturated rings. The Labute approximate surface area is 208 Å². The van der Waals surface area contributed by atoms with Crippen molar-refractivity contribution in [3.63, 3.8) is 0 Å². The predicted molar refractivity (Wildman–Crippen MR) is 139 cm³/mol. The molecule has 0 unspecified atom stereocenters. The Bertz CT molecular complexity index is 1130. The summed E-state index contributed by atoms with van der Waals surface area (Å²) in [6.07, 6.45) is 4.74. The van der Waals surface area contributed by atoms with Crippen LogP contribution >= 0.6 is 22.6 Å². The molecule has 1 aliphatic rings. The first-order valence-corrected chi connectivity index (χ1v) is 12.1. The van der Waals surface area contributed by atoms with Crippen molar-refractivity contribution in [3.05, 3.63) is 98.6 Å². The van der Waals surface area contributed by atoms with Crippen LogP contribution in [0.3, 0.4) is 0 Å². The van der Waals surface area contributed by atoms with Crippen LogP contribution in [-0.2, 0) is 9.53 Å². The van der Waals surface area contributed by atoms with E-state index in [4.69, 9.17) is 9.47 Å². The van der Waals surface area contributed by atoms with Crippen LogP contribution in [0.25, 0.3) is 5.57 Å². The van der Waals surface area contributed by atoms with Crippen LogP contribution in [0.4, 0.5) is 0 Å². The Hall–Kier alpha value is -2.80. The lowest BCUT2D eigenvalue weighted by molar-refractivity contribution is -0.142. The van der Waals surface area contributed by atoms with E-state index in [-0.39, 0.29) is 6.61 Å². The molecule has 33 heavy (non-hydrogen) atoms. The zero-order valence-electron chi connectivity index (χ0n) is 18.8. The van der Waals surface area contributed by atoms with Crippen LogP contribution in [-0.4, -0.2) is 26.3 Å². The normalized spacial score (nSPS) is 13.5. The minimum absolute atomic E-state index is 0.112. The van der Waals surface area contributed by atoms with E-state index in [1.807, 2.05) is 25.1 Å². The third-order valence-corrected chi connectivity index (χ3v) is 6.40. The molecule has 3 aromatic rings. The summed E-state index contributed by atoms with van der Waals surface area (Å²) in [5.41, 5.74) is 5.84. The van der Waals surface area contributed by atoms with Crippen LogP contribution in [0.2, 0.25) is 0 Å². The summed E-state index contributed by atoms with van der Waals surface area (Å²) in [7, 11) is 1.34. The van der Waals surface area contributed by atoms with Crippen LogP contribution in [0, 0.1) is 10.5 Å². The third-order valence-electron chi connectivity index (χ3n) is 5.68. The number of carbonyl (C=O) groups is 1. The molecule has 0 saturated heterocycles. The zero-order chi connectivity index (χ0) is 23.2. The second kappa shape index (κ2) is 10.9. The first-order valence-electron chi connectivity index (χ1n) is 11.0. The highest BCUT2D eigenvalue weighted by atomic mass is 127. The zero-order valence-corrected chi connectivity index (χ0v) is 21.0. The van der Waals surface area contributed by atoms with Crippen molar-refractivity contribution in [2.75, 3.05) is 20.3 Å². The largest absolute Gasteiger partial charge is 0.489 e. The maximum Gasteiger partial charge on any atom is 0.343 e. The van der Waals surface area contributed by atoms with Crippen molar-refractivity contribution in [1.82, 2.24) is 0 Å². The van der Waals surface area contributed by atoms with Crippen LogP contribution in [0.1, 0.15) is 41.0 Å². The van der Waals surface area contributed by atoms with Crippen LogP contribution in [0.5, 0.6) is 11.5 Å². The number of benzene rings is 3. The van der Waals surface area contributed by atoms with Crippen molar-refractivity contribution in [2.24, 2.45) is 0 Å². The molecule has 0 N–H and O–H groups in total. The van der Waals surface area contributed by atoms with Gasteiger partial charge in [-0.3, -0.25) is 0 Å². The van der Waals surface area contributed by atoms with E-state index in [0.29, 0.717) is 12.4 Å². The summed E-state index contributed by atoms with van der Waals surface area (Å²) in [4.78, 5) is 11.3. The number of hydrogen-bond acceptors (Lipinski definition) is 4. The monoisotopic (exact) mass is 554 g/mol. The molecule has 0 aromatic heterocycles. The van der Waals surface area contributed by atoms with Crippen LogP contribution in [0.15, 0.2) is 72.8 Å². The fraction of sp³-hybridized carbons (Fsp3) is 0.250. The van der Waals surface area contributed by atoms with E-state index in [9.17, 15) is 4.79 Å². The van der Waals surface area contributed by atoms with Gasteiger partial charge in [0.05, 0.1) is 7.11 Å². The van der Waals surface area contributed by atoms with E-state index in [0.717, 1.165) is 22.8 Å². The fourth-order valence-electron chi connectivity index (χ4n) is 3.67. The standard InChI is InChI=1S/C28H27IO4/c1-19-17-25(13-14-27(19)33-18-28(30)31-2)32-16-15-26(23-9-11-24(29)12-10-23)22-7-5-21(6-8-22)20-3-4-20/h5-15,17,20H,3-4,16,18H2,1-2H3. The summed E-state index contributed by atoms with van der Waals surface area (Å²) in [5, 5.41) is 0. The molecular formula is C28H27IO4. The molecule has 0 amide bonds. The molecule has 4 nitrogen and oxygen atoms in total. The minimum Gasteiger partial charge on any atom is -0.489 e. The highest BCUT2D eigenvalue weighted by molar-refractivity contribution is 14.1. The van der Waals surface area contributed by atoms with Gasteiger partial charge in [-0.05, 0) is 113 Å². The Morgan fingerprint density at radius 2 is 1.64 bits per heavy atom. The van der Waals surface area contributed by atoms with Crippen molar-refractivity contribution >= 4 is 34.1 Å². The Balaban J connectivity index is 1.48. The number of ether oxygens (including phenoxy) is 3. The lowest BCUT2D eigenvalue weighted by atomic mass is 9.96. The molecule has 0 spiro atoms. The fourth-order valence-corrected chi connectivity index (χ4v) is 4.03. The molecule has 0 aliphatic heterocycles. The van der Waals surface area contributed by atoms with Crippen molar-refractivity contribution < 1.29 is 19.0 Å². The lowest BCUT2D eigenvalue weighted by Gasteiger charge is -2.12. The predicted octanol–water partition coefficient (Wildman–Crippen LogP) is 6.54. The summed E-state index contributed by atoms with van der Waals surface area (Å²) in [5.74, 6) is 1.72. The average molecular weight is 554 g/mol. The average Bonchev–Trinajstić information content (AvgIpc) is 3.68. The molecule has 1 aliphatic carbocycles. The van der Waals surface area contributed by atoms with E-state index >= 15 is 0 Å². The Kier molecular flexibility index (Phi) is 7.70. The first kappa shape index (κ1) is 23.4. The molecule has 1 saturated carbocycles. The lowest BCUT2D eigenvalue weighted by Crippen LogP contribution is -2.13. The molecule has 4 rings (SSSR count). The van der Waals surface area contributed by atoms with Gasteiger partial charge in [0.15, 0.2) is 6.61 Å². The number of methoxy groups -OCH3 is 1. The van der Waals surface area contributed by atoms with Gasteiger partial charge < -0.3 is 14.2 Å². The van der Waals surface area contributed by atoms with Gasteiger partial charge in [0.2, 0.25) is 0 Å². The van der Waals surface area contributed by atoms with Gasteiger partial charge in [0.25, 0.3) is 0 Å².